The van der Waals surface area contributed by atoms with E-state index in [1.54, 1.807) is 42.2 Å². The highest BCUT2D eigenvalue weighted by atomic mass is 19.1. The number of hydrogen-bond acceptors (Lipinski definition) is 8. The molecule has 13 heteroatoms. The molecule has 38 heavy (non-hydrogen) atoms. The summed E-state index contributed by atoms with van der Waals surface area (Å²) in [6.45, 7) is 3.54. The van der Waals surface area contributed by atoms with Crippen molar-refractivity contribution >= 4 is 35.4 Å². The molecular weight excluding hydrogens is 499 g/mol. The lowest BCUT2D eigenvalue weighted by atomic mass is 10.2. The summed E-state index contributed by atoms with van der Waals surface area (Å²) in [7, 11) is 0. The van der Waals surface area contributed by atoms with Crippen molar-refractivity contribution in [2.45, 2.75) is 13.0 Å². The van der Waals surface area contributed by atoms with E-state index in [9.17, 15) is 19.2 Å². The third-order valence-corrected chi connectivity index (χ3v) is 6.14. The van der Waals surface area contributed by atoms with Crippen LogP contribution in [0.2, 0.25) is 0 Å². The van der Waals surface area contributed by atoms with E-state index in [-0.39, 0.29) is 37.8 Å². The maximum Gasteiger partial charge on any atom is 0.414 e. The molecular formula is C25H29FN6O6. The number of aromatic nitrogens is 1. The first-order chi connectivity index (χ1) is 18.4. The van der Waals surface area contributed by atoms with Crippen LogP contribution < -0.4 is 20.4 Å². The number of ether oxygens (including phenoxy) is 2. The number of piperazine rings is 1. The summed E-state index contributed by atoms with van der Waals surface area (Å²) in [5, 5.41) is 5.09. The Kier molecular flexibility index (Phi) is 8.56. The van der Waals surface area contributed by atoms with Gasteiger partial charge in [-0.1, -0.05) is 6.07 Å². The van der Waals surface area contributed by atoms with Gasteiger partial charge in [0.1, 0.15) is 17.6 Å². The summed E-state index contributed by atoms with van der Waals surface area (Å²) in [4.78, 5) is 57.1. The fraction of sp³-hybridized carbons (Fsp3) is 0.400. The number of benzene rings is 1. The second-order valence-electron chi connectivity index (χ2n) is 8.62. The highest BCUT2D eigenvalue weighted by molar-refractivity contribution is 5.94. The maximum absolute atomic E-state index is 15.0. The Bertz CT molecular complexity index is 1170. The molecule has 2 fully saturated rings. The van der Waals surface area contributed by atoms with Crippen LogP contribution in [0.3, 0.4) is 0 Å². The molecule has 2 aliphatic rings. The Morgan fingerprint density at radius 3 is 2.61 bits per heavy atom. The lowest BCUT2D eigenvalue weighted by Gasteiger charge is -2.36. The average molecular weight is 529 g/mol. The molecule has 4 amide bonds. The number of anilines is 2. The Balaban J connectivity index is 1.27. The van der Waals surface area contributed by atoms with Crippen molar-refractivity contribution in [1.82, 2.24) is 20.5 Å². The lowest BCUT2D eigenvalue weighted by Crippen LogP contribution is -2.51. The van der Waals surface area contributed by atoms with Crippen LogP contribution in [-0.4, -0.2) is 92.4 Å². The quantitative estimate of drug-likeness (QED) is 0.525. The lowest BCUT2D eigenvalue weighted by molar-refractivity contribution is -0.130. The maximum atomic E-state index is 15.0. The van der Waals surface area contributed by atoms with Gasteiger partial charge in [-0.2, -0.15) is 0 Å². The van der Waals surface area contributed by atoms with Crippen LogP contribution in [0.15, 0.2) is 42.6 Å². The van der Waals surface area contributed by atoms with E-state index in [1.165, 1.54) is 17.2 Å². The van der Waals surface area contributed by atoms with E-state index in [2.05, 4.69) is 15.6 Å². The smallest absolute Gasteiger partial charge is 0.414 e. The van der Waals surface area contributed by atoms with Crippen molar-refractivity contribution in [2.75, 3.05) is 62.2 Å². The van der Waals surface area contributed by atoms with Gasteiger partial charge in [-0.15, -0.1) is 0 Å². The van der Waals surface area contributed by atoms with Crippen molar-refractivity contribution in [2.24, 2.45) is 0 Å². The van der Waals surface area contributed by atoms with Gasteiger partial charge in [-0.3, -0.25) is 19.5 Å². The molecule has 0 aliphatic carbocycles. The number of halogens is 1. The number of nitrogens with one attached hydrogen (secondary N) is 2. The number of amides is 4. The first kappa shape index (κ1) is 26.6. The topological polar surface area (TPSA) is 133 Å². The first-order valence-electron chi connectivity index (χ1n) is 12.3. The van der Waals surface area contributed by atoms with E-state index in [0.717, 1.165) is 0 Å². The van der Waals surface area contributed by atoms with Crippen LogP contribution in [0.4, 0.5) is 25.4 Å². The molecule has 202 valence electrons. The normalized spacial score (nSPS) is 17.2. The number of carbonyl (C=O) groups is 4. The minimum atomic E-state index is -0.630. The fourth-order valence-electron chi connectivity index (χ4n) is 4.19. The van der Waals surface area contributed by atoms with E-state index in [4.69, 9.17) is 9.47 Å². The first-order valence-corrected chi connectivity index (χ1v) is 12.3. The summed E-state index contributed by atoms with van der Waals surface area (Å²) in [6, 6.07) is 9.43. The molecule has 2 saturated heterocycles. The van der Waals surface area contributed by atoms with Crippen molar-refractivity contribution in [3.63, 3.8) is 0 Å². The molecule has 1 unspecified atom stereocenters. The SMILES string of the molecule is CCOC(=O)NCC1CN(c2ccc(N3CCN(C(=O)CNC(=O)c4ccccn4)CC3)c(F)c2)C(=O)O1. The van der Waals surface area contributed by atoms with Gasteiger partial charge in [0, 0.05) is 32.4 Å². The van der Waals surface area contributed by atoms with Gasteiger partial charge < -0.3 is 29.9 Å². The van der Waals surface area contributed by atoms with Gasteiger partial charge in [-0.05, 0) is 37.3 Å². The van der Waals surface area contributed by atoms with E-state index < -0.39 is 30.0 Å². The molecule has 2 aliphatic heterocycles. The van der Waals surface area contributed by atoms with Gasteiger partial charge in [0.05, 0.1) is 37.6 Å². The minimum Gasteiger partial charge on any atom is -0.450 e. The minimum absolute atomic E-state index is 0.0808. The van der Waals surface area contributed by atoms with Crippen LogP contribution in [0.1, 0.15) is 17.4 Å². The predicted octanol–water partition coefficient (Wildman–Crippen LogP) is 1.37. The van der Waals surface area contributed by atoms with Crippen molar-refractivity contribution in [3.8, 4) is 0 Å². The summed E-state index contributed by atoms with van der Waals surface area (Å²) in [6.07, 6.45) is -0.321. The average Bonchev–Trinajstić information content (AvgIpc) is 3.31. The molecule has 0 saturated carbocycles. The molecule has 0 radical (unpaired) electrons. The Labute approximate surface area is 218 Å². The summed E-state index contributed by atoms with van der Waals surface area (Å²) in [5.41, 5.74) is 0.930. The molecule has 2 aromatic rings. The molecule has 12 nitrogen and oxygen atoms in total. The fourth-order valence-corrected chi connectivity index (χ4v) is 4.19. The molecule has 0 bridgehead atoms. The molecule has 3 heterocycles. The van der Waals surface area contributed by atoms with E-state index in [1.807, 2.05) is 4.90 Å². The zero-order valence-corrected chi connectivity index (χ0v) is 20.9. The van der Waals surface area contributed by atoms with Crippen LogP contribution in [0, 0.1) is 5.82 Å². The Morgan fingerprint density at radius 1 is 1.13 bits per heavy atom. The molecule has 2 N–H and O–H groups in total. The highest BCUT2D eigenvalue weighted by Crippen LogP contribution is 2.28. The largest absolute Gasteiger partial charge is 0.450 e. The molecule has 4 rings (SSSR count). The van der Waals surface area contributed by atoms with Crippen molar-refractivity contribution in [3.05, 3.63) is 54.1 Å². The van der Waals surface area contributed by atoms with Gasteiger partial charge >= 0.3 is 12.2 Å². The highest BCUT2D eigenvalue weighted by Gasteiger charge is 2.33. The van der Waals surface area contributed by atoms with Gasteiger partial charge in [0.25, 0.3) is 5.91 Å². The molecule has 1 aromatic heterocycles. The third-order valence-electron chi connectivity index (χ3n) is 6.14. The number of nitrogens with zero attached hydrogens (tertiary/aromatic N) is 4. The van der Waals surface area contributed by atoms with Gasteiger partial charge in [0.2, 0.25) is 5.91 Å². The zero-order valence-electron chi connectivity index (χ0n) is 20.9. The number of carbonyl (C=O) groups excluding carboxylic acids is 4. The zero-order chi connectivity index (χ0) is 27.1. The van der Waals surface area contributed by atoms with Crippen LogP contribution in [-0.2, 0) is 14.3 Å². The second kappa shape index (κ2) is 12.2. The van der Waals surface area contributed by atoms with Gasteiger partial charge in [0.15, 0.2) is 0 Å². The standard InChI is InChI=1S/C25H29FN6O6/c1-2-37-24(35)29-14-18-16-32(25(36)38-18)17-6-7-21(19(26)13-17)30-9-11-31(12-10-30)22(33)15-28-23(34)20-5-3-4-8-27-20/h3-8,13,18H,2,9-12,14-16H2,1H3,(H,28,34)(H,29,35). The number of cyclic esters (lactones) is 1. The van der Waals surface area contributed by atoms with Crippen LogP contribution in [0.25, 0.3) is 0 Å². The number of alkyl carbamates (subject to hydrolysis) is 1. The van der Waals surface area contributed by atoms with Crippen molar-refractivity contribution < 1.29 is 33.0 Å². The van der Waals surface area contributed by atoms with Crippen LogP contribution in [0.5, 0.6) is 0 Å². The second-order valence-corrected chi connectivity index (χ2v) is 8.62. The molecule has 0 spiro atoms. The third kappa shape index (κ3) is 6.47. The van der Waals surface area contributed by atoms with E-state index in [0.29, 0.717) is 37.6 Å². The summed E-state index contributed by atoms with van der Waals surface area (Å²) < 4.78 is 25.1. The predicted molar refractivity (Wildman–Crippen MR) is 134 cm³/mol. The number of pyridine rings is 1. The van der Waals surface area contributed by atoms with Crippen molar-refractivity contribution in [1.29, 1.82) is 0 Å². The number of hydrogen-bond donors (Lipinski definition) is 2. The van der Waals surface area contributed by atoms with E-state index >= 15 is 4.39 Å². The molecule has 1 atom stereocenters. The summed E-state index contributed by atoms with van der Waals surface area (Å²) >= 11 is 0. The Morgan fingerprint density at radius 2 is 1.92 bits per heavy atom. The van der Waals surface area contributed by atoms with Gasteiger partial charge in [-0.25, -0.2) is 14.0 Å². The summed E-state index contributed by atoms with van der Waals surface area (Å²) in [5.74, 6) is -1.17. The molecule has 1 aromatic carbocycles. The number of rotatable bonds is 8. The Hall–Kier alpha value is -4.42. The van der Waals surface area contributed by atoms with Crippen LogP contribution >= 0.6 is 0 Å². The monoisotopic (exact) mass is 528 g/mol.